The zero-order valence-corrected chi connectivity index (χ0v) is 15.4. The lowest BCUT2D eigenvalue weighted by atomic mass is 10.2. The van der Waals surface area contributed by atoms with E-state index >= 15 is 0 Å². The van der Waals surface area contributed by atoms with Crippen molar-refractivity contribution >= 4 is 40.4 Å². The van der Waals surface area contributed by atoms with Crippen molar-refractivity contribution < 1.29 is 9.59 Å². The SMILES string of the molecule is O=C(CCN1CCN(C(=O)c2cccs2)CC1)Nc1ccccc1Cl. The number of carbonyl (C=O) groups is 2. The Balaban J connectivity index is 1.41. The summed E-state index contributed by atoms with van der Waals surface area (Å²) in [6, 6.07) is 11.0. The van der Waals surface area contributed by atoms with Crippen LogP contribution in [0.1, 0.15) is 16.1 Å². The molecule has 25 heavy (non-hydrogen) atoms. The van der Waals surface area contributed by atoms with E-state index in [1.165, 1.54) is 11.3 Å². The van der Waals surface area contributed by atoms with E-state index in [4.69, 9.17) is 11.6 Å². The monoisotopic (exact) mass is 377 g/mol. The Labute approximate surface area is 156 Å². The van der Waals surface area contributed by atoms with E-state index in [2.05, 4.69) is 10.2 Å². The van der Waals surface area contributed by atoms with Crippen molar-refractivity contribution in [3.8, 4) is 0 Å². The first-order valence-corrected chi connectivity index (χ1v) is 9.49. The van der Waals surface area contributed by atoms with E-state index in [1.54, 1.807) is 12.1 Å². The highest BCUT2D eigenvalue weighted by Crippen LogP contribution is 2.20. The number of rotatable bonds is 5. The molecule has 1 N–H and O–H groups in total. The molecule has 0 spiro atoms. The molecule has 1 aliphatic rings. The number of halogens is 1. The molecule has 1 aromatic heterocycles. The maximum absolute atomic E-state index is 12.3. The molecular formula is C18H20ClN3O2S. The summed E-state index contributed by atoms with van der Waals surface area (Å²) >= 11 is 7.52. The molecular weight excluding hydrogens is 358 g/mol. The number of anilines is 1. The number of nitrogens with zero attached hydrogens (tertiary/aromatic N) is 2. The third-order valence-electron chi connectivity index (χ3n) is 4.19. The molecule has 132 valence electrons. The summed E-state index contributed by atoms with van der Waals surface area (Å²) in [5.74, 6) is 0.0521. The van der Waals surface area contributed by atoms with Crippen molar-refractivity contribution in [1.82, 2.24) is 9.80 Å². The second kappa shape index (κ2) is 8.47. The Hall–Kier alpha value is -1.89. The molecule has 0 saturated carbocycles. The summed E-state index contributed by atoms with van der Waals surface area (Å²) in [7, 11) is 0. The molecule has 0 aliphatic carbocycles. The minimum Gasteiger partial charge on any atom is -0.335 e. The maximum atomic E-state index is 12.3. The molecule has 3 rings (SSSR count). The summed E-state index contributed by atoms with van der Waals surface area (Å²) < 4.78 is 0. The molecule has 0 radical (unpaired) electrons. The van der Waals surface area contributed by atoms with Crippen molar-refractivity contribution in [2.45, 2.75) is 6.42 Å². The van der Waals surface area contributed by atoms with E-state index in [0.717, 1.165) is 18.0 Å². The molecule has 2 heterocycles. The highest BCUT2D eigenvalue weighted by molar-refractivity contribution is 7.12. The summed E-state index contributed by atoms with van der Waals surface area (Å²) in [5.41, 5.74) is 0.639. The molecule has 0 unspecified atom stereocenters. The summed E-state index contributed by atoms with van der Waals surface area (Å²) in [6.45, 7) is 3.65. The first-order chi connectivity index (χ1) is 12.1. The predicted octanol–water partition coefficient (Wildman–Crippen LogP) is 3.19. The fraction of sp³-hybridized carbons (Fsp3) is 0.333. The van der Waals surface area contributed by atoms with Crippen LogP contribution in [0.25, 0.3) is 0 Å². The van der Waals surface area contributed by atoms with Crippen LogP contribution in [0.5, 0.6) is 0 Å². The minimum atomic E-state index is -0.0507. The van der Waals surface area contributed by atoms with E-state index in [1.807, 2.05) is 34.5 Å². The van der Waals surface area contributed by atoms with Gasteiger partial charge in [-0.15, -0.1) is 11.3 Å². The highest BCUT2D eigenvalue weighted by Gasteiger charge is 2.22. The highest BCUT2D eigenvalue weighted by atomic mass is 35.5. The van der Waals surface area contributed by atoms with Crippen molar-refractivity contribution in [3.05, 3.63) is 51.7 Å². The Morgan fingerprint density at radius 3 is 2.52 bits per heavy atom. The van der Waals surface area contributed by atoms with Gasteiger partial charge in [0.05, 0.1) is 15.6 Å². The van der Waals surface area contributed by atoms with Crippen molar-refractivity contribution in [3.63, 3.8) is 0 Å². The van der Waals surface area contributed by atoms with Gasteiger partial charge in [-0.3, -0.25) is 14.5 Å². The average Bonchev–Trinajstić information content (AvgIpc) is 3.16. The van der Waals surface area contributed by atoms with Crippen molar-refractivity contribution in [1.29, 1.82) is 0 Å². The van der Waals surface area contributed by atoms with Gasteiger partial charge in [0.15, 0.2) is 0 Å². The average molecular weight is 378 g/mol. The third kappa shape index (κ3) is 4.81. The van der Waals surface area contributed by atoms with Crippen LogP contribution in [0.15, 0.2) is 41.8 Å². The molecule has 1 fully saturated rings. The van der Waals surface area contributed by atoms with Gasteiger partial charge >= 0.3 is 0 Å². The van der Waals surface area contributed by atoms with Crippen LogP contribution < -0.4 is 5.32 Å². The molecule has 5 nitrogen and oxygen atoms in total. The Bertz CT molecular complexity index is 728. The van der Waals surface area contributed by atoms with Crippen LogP contribution in [-0.2, 0) is 4.79 Å². The van der Waals surface area contributed by atoms with Gasteiger partial charge in [-0.05, 0) is 23.6 Å². The second-order valence-corrected chi connectivity index (χ2v) is 7.24. The minimum absolute atomic E-state index is 0.0507. The molecule has 0 bridgehead atoms. The van der Waals surface area contributed by atoms with Crippen LogP contribution in [0.2, 0.25) is 5.02 Å². The number of hydrogen-bond donors (Lipinski definition) is 1. The predicted molar refractivity (Wildman–Crippen MR) is 101 cm³/mol. The van der Waals surface area contributed by atoms with Crippen LogP contribution in [0, 0.1) is 0 Å². The lowest BCUT2D eigenvalue weighted by Crippen LogP contribution is -2.49. The Morgan fingerprint density at radius 1 is 1.08 bits per heavy atom. The molecule has 1 aromatic carbocycles. The maximum Gasteiger partial charge on any atom is 0.264 e. The Kier molecular flexibility index (Phi) is 6.07. The first kappa shape index (κ1) is 17.9. The standard InChI is InChI=1S/C18H20ClN3O2S/c19-14-4-1-2-5-15(14)20-17(23)7-8-21-9-11-22(12-10-21)18(24)16-6-3-13-25-16/h1-6,13H,7-12H2,(H,20,23). The van der Waals surface area contributed by atoms with E-state index in [-0.39, 0.29) is 11.8 Å². The largest absolute Gasteiger partial charge is 0.335 e. The fourth-order valence-corrected chi connectivity index (χ4v) is 3.64. The van der Waals surface area contributed by atoms with Crippen LogP contribution in [-0.4, -0.2) is 54.3 Å². The van der Waals surface area contributed by atoms with Crippen LogP contribution in [0.4, 0.5) is 5.69 Å². The fourth-order valence-electron chi connectivity index (χ4n) is 2.77. The van der Waals surface area contributed by atoms with Crippen molar-refractivity contribution in [2.75, 3.05) is 38.0 Å². The number of benzene rings is 1. The number of nitrogens with one attached hydrogen (secondary N) is 1. The smallest absolute Gasteiger partial charge is 0.264 e. The number of amides is 2. The Morgan fingerprint density at radius 2 is 1.84 bits per heavy atom. The molecule has 2 aromatic rings. The molecule has 0 atom stereocenters. The zero-order valence-electron chi connectivity index (χ0n) is 13.8. The van der Waals surface area contributed by atoms with Gasteiger partial charge in [0.25, 0.3) is 5.91 Å². The molecule has 7 heteroatoms. The van der Waals surface area contributed by atoms with Gasteiger partial charge < -0.3 is 10.2 Å². The van der Waals surface area contributed by atoms with Crippen LogP contribution in [0.3, 0.4) is 0 Å². The molecule has 2 amide bonds. The number of carbonyl (C=O) groups excluding carboxylic acids is 2. The van der Waals surface area contributed by atoms with E-state index in [0.29, 0.717) is 36.8 Å². The number of piperazine rings is 1. The van der Waals surface area contributed by atoms with Gasteiger partial charge in [0.2, 0.25) is 5.91 Å². The van der Waals surface area contributed by atoms with Gasteiger partial charge in [-0.2, -0.15) is 0 Å². The lowest BCUT2D eigenvalue weighted by Gasteiger charge is -2.34. The van der Waals surface area contributed by atoms with Crippen LogP contribution >= 0.6 is 22.9 Å². The van der Waals surface area contributed by atoms with Gasteiger partial charge in [-0.1, -0.05) is 29.8 Å². The third-order valence-corrected chi connectivity index (χ3v) is 5.38. The molecule has 1 saturated heterocycles. The number of hydrogen-bond acceptors (Lipinski definition) is 4. The number of thiophene rings is 1. The van der Waals surface area contributed by atoms with E-state index < -0.39 is 0 Å². The van der Waals surface area contributed by atoms with Crippen molar-refractivity contribution in [2.24, 2.45) is 0 Å². The zero-order chi connectivity index (χ0) is 17.6. The summed E-state index contributed by atoms with van der Waals surface area (Å²) in [4.78, 5) is 29.3. The lowest BCUT2D eigenvalue weighted by molar-refractivity contribution is -0.116. The second-order valence-electron chi connectivity index (χ2n) is 5.89. The van der Waals surface area contributed by atoms with Gasteiger partial charge in [-0.25, -0.2) is 0 Å². The quantitative estimate of drug-likeness (QED) is 0.870. The topological polar surface area (TPSA) is 52.7 Å². The van der Waals surface area contributed by atoms with Gasteiger partial charge in [0.1, 0.15) is 0 Å². The van der Waals surface area contributed by atoms with E-state index in [9.17, 15) is 9.59 Å². The number of para-hydroxylation sites is 1. The van der Waals surface area contributed by atoms with Gasteiger partial charge in [0, 0.05) is 39.1 Å². The summed E-state index contributed by atoms with van der Waals surface area (Å²) in [5, 5.41) is 5.29. The first-order valence-electron chi connectivity index (χ1n) is 8.23. The summed E-state index contributed by atoms with van der Waals surface area (Å²) in [6.07, 6.45) is 0.407. The molecule has 1 aliphatic heterocycles. The normalized spacial score (nSPS) is 15.2.